The van der Waals surface area contributed by atoms with E-state index in [2.05, 4.69) is 17.1 Å². The molecule has 21 heavy (non-hydrogen) atoms. The molecule has 0 radical (unpaired) electrons. The Balaban J connectivity index is 2.06. The zero-order valence-corrected chi connectivity index (χ0v) is 12.8. The van der Waals surface area contributed by atoms with Crippen molar-refractivity contribution in [2.24, 2.45) is 0 Å². The minimum atomic E-state index is -0.230. The van der Waals surface area contributed by atoms with Gasteiger partial charge in [-0.15, -0.1) is 0 Å². The van der Waals surface area contributed by atoms with Gasteiger partial charge >= 0.3 is 0 Å². The number of hydrogen-bond acceptors (Lipinski definition) is 5. The van der Waals surface area contributed by atoms with Crippen LogP contribution in [0, 0.1) is 0 Å². The molecule has 1 fully saturated rings. The van der Waals surface area contributed by atoms with Gasteiger partial charge in [-0.3, -0.25) is 9.69 Å². The van der Waals surface area contributed by atoms with Crippen molar-refractivity contribution in [3.8, 4) is 5.75 Å². The fraction of sp³-hybridized carbons (Fsp3) is 0.533. The van der Waals surface area contributed by atoms with Crippen LogP contribution in [-0.2, 0) is 9.53 Å². The van der Waals surface area contributed by atoms with E-state index in [1.165, 1.54) is 0 Å². The van der Waals surface area contributed by atoms with Gasteiger partial charge in [-0.25, -0.2) is 0 Å². The van der Waals surface area contributed by atoms with Crippen LogP contribution in [0.2, 0.25) is 0 Å². The minimum absolute atomic E-state index is 0.0631. The standard InChI is InChI=1S/C15H23N3O3/c1-10-9-21-7-6-18(10)11(2)15(19)17-13-5-4-12(16)8-14(13)20-3/h4-5,8,10-11H,6-7,9,16H2,1-3H3,(H,17,19). The lowest BCUT2D eigenvalue weighted by molar-refractivity contribution is -0.124. The maximum absolute atomic E-state index is 12.4. The first kappa shape index (κ1) is 15.6. The van der Waals surface area contributed by atoms with Gasteiger partial charge in [0.1, 0.15) is 5.75 Å². The van der Waals surface area contributed by atoms with Crippen LogP contribution in [0.4, 0.5) is 11.4 Å². The van der Waals surface area contributed by atoms with Crippen LogP contribution in [-0.4, -0.2) is 49.8 Å². The van der Waals surface area contributed by atoms with E-state index in [1.807, 2.05) is 6.92 Å². The molecule has 116 valence electrons. The second kappa shape index (κ2) is 6.78. The summed E-state index contributed by atoms with van der Waals surface area (Å²) >= 11 is 0. The summed E-state index contributed by atoms with van der Waals surface area (Å²) in [5.74, 6) is 0.498. The molecule has 0 spiro atoms. The fourth-order valence-corrected chi connectivity index (χ4v) is 2.51. The SMILES string of the molecule is COc1cc(N)ccc1NC(=O)C(C)N1CCOCC1C. The van der Waals surface area contributed by atoms with Crippen molar-refractivity contribution in [2.45, 2.75) is 25.9 Å². The predicted octanol–water partition coefficient (Wildman–Crippen LogP) is 1.33. The van der Waals surface area contributed by atoms with E-state index in [0.717, 1.165) is 6.54 Å². The van der Waals surface area contributed by atoms with Crippen LogP contribution in [0.3, 0.4) is 0 Å². The topological polar surface area (TPSA) is 76.8 Å². The van der Waals surface area contributed by atoms with Crippen molar-refractivity contribution in [3.63, 3.8) is 0 Å². The smallest absolute Gasteiger partial charge is 0.241 e. The van der Waals surface area contributed by atoms with Crippen molar-refractivity contribution >= 4 is 17.3 Å². The van der Waals surface area contributed by atoms with Gasteiger partial charge in [-0.05, 0) is 26.0 Å². The van der Waals surface area contributed by atoms with Gasteiger partial charge in [0.05, 0.1) is 32.1 Å². The number of nitrogen functional groups attached to an aromatic ring is 1. The Kier molecular flexibility index (Phi) is 5.03. The first-order valence-corrected chi connectivity index (χ1v) is 7.10. The number of amides is 1. The molecule has 2 atom stereocenters. The van der Waals surface area contributed by atoms with E-state index in [-0.39, 0.29) is 18.0 Å². The van der Waals surface area contributed by atoms with Gasteiger partial charge in [0.2, 0.25) is 5.91 Å². The summed E-state index contributed by atoms with van der Waals surface area (Å²) in [7, 11) is 1.55. The molecule has 2 rings (SSSR count). The molecular weight excluding hydrogens is 270 g/mol. The molecule has 1 heterocycles. The molecule has 1 aromatic rings. The van der Waals surface area contributed by atoms with Crippen LogP contribution in [0.15, 0.2) is 18.2 Å². The number of nitrogens with zero attached hydrogens (tertiary/aromatic N) is 1. The zero-order chi connectivity index (χ0) is 15.4. The summed E-state index contributed by atoms with van der Waals surface area (Å²) in [6.07, 6.45) is 0. The number of nitrogens with two attached hydrogens (primary N) is 1. The molecule has 1 aromatic carbocycles. The molecule has 0 aliphatic carbocycles. The third kappa shape index (κ3) is 3.65. The quantitative estimate of drug-likeness (QED) is 0.819. The van der Waals surface area contributed by atoms with E-state index in [0.29, 0.717) is 30.3 Å². The van der Waals surface area contributed by atoms with Crippen LogP contribution in [0.5, 0.6) is 5.75 Å². The van der Waals surface area contributed by atoms with Crippen molar-refractivity contribution in [3.05, 3.63) is 18.2 Å². The number of anilines is 2. The van der Waals surface area contributed by atoms with Crippen LogP contribution < -0.4 is 15.8 Å². The molecule has 2 unspecified atom stereocenters. The van der Waals surface area contributed by atoms with Crippen LogP contribution >= 0.6 is 0 Å². The number of ether oxygens (including phenoxy) is 2. The summed E-state index contributed by atoms with van der Waals surface area (Å²) in [6.45, 7) is 6.04. The Morgan fingerprint density at radius 2 is 2.33 bits per heavy atom. The molecular formula is C15H23N3O3. The first-order valence-electron chi connectivity index (χ1n) is 7.10. The largest absolute Gasteiger partial charge is 0.494 e. The van der Waals surface area contributed by atoms with E-state index in [4.69, 9.17) is 15.2 Å². The van der Waals surface area contributed by atoms with Gasteiger partial charge in [0.25, 0.3) is 0 Å². The number of hydrogen-bond donors (Lipinski definition) is 2. The second-order valence-corrected chi connectivity index (χ2v) is 5.29. The first-order chi connectivity index (χ1) is 10.0. The van der Waals surface area contributed by atoms with Crippen LogP contribution in [0.1, 0.15) is 13.8 Å². The molecule has 6 heteroatoms. The zero-order valence-electron chi connectivity index (χ0n) is 12.8. The average Bonchev–Trinajstić information content (AvgIpc) is 2.48. The summed E-state index contributed by atoms with van der Waals surface area (Å²) in [6, 6.07) is 5.18. The number of rotatable bonds is 4. The third-order valence-corrected chi connectivity index (χ3v) is 3.78. The van der Waals surface area contributed by atoms with Gasteiger partial charge < -0.3 is 20.5 Å². The van der Waals surface area contributed by atoms with Crippen molar-refractivity contribution in [1.82, 2.24) is 4.90 Å². The maximum Gasteiger partial charge on any atom is 0.241 e. The molecule has 0 aromatic heterocycles. The lowest BCUT2D eigenvalue weighted by atomic mass is 10.1. The highest BCUT2D eigenvalue weighted by Crippen LogP contribution is 2.27. The van der Waals surface area contributed by atoms with Crippen molar-refractivity contribution in [2.75, 3.05) is 37.9 Å². The lowest BCUT2D eigenvalue weighted by Gasteiger charge is -2.37. The Morgan fingerprint density at radius 1 is 1.57 bits per heavy atom. The Bertz CT molecular complexity index is 507. The highest BCUT2D eigenvalue weighted by atomic mass is 16.5. The predicted molar refractivity (Wildman–Crippen MR) is 82.5 cm³/mol. The van der Waals surface area contributed by atoms with Gasteiger partial charge in [0, 0.05) is 24.3 Å². The Labute approximate surface area is 125 Å². The lowest BCUT2D eigenvalue weighted by Crippen LogP contribution is -2.52. The summed E-state index contributed by atoms with van der Waals surface area (Å²) < 4.78 is 10.6. The maximum atomic E-state index is 12.4. The van der Waals surface area contributed by atoms with E-state index >= 15 is 0 Å². The number of carbonyl (C=O) groups excluding carboxylic acids is 1. The van der Waals surface area contributed by atoms with Crippen LogP contribution in [0.25, 0.3) is 0 Å². The van der Waals surface area contributed by atoms with Crippen molar-refractivity contribution < 1.29 is 14.3 Å². The minimum Gasteiger partial charge on any atom is -0.494 e. The summed E-state index contributed by atoms with van der Waals surface area (Å²) in [5, 5.41) is 2.90. The van der Waals surface area contributed by atoms with E-state index in [9.17, 15) is 4.79 Å². The molecule has 1 saturated heterocycles. The molecule has 0 saturated carbocycles. The molecule has 1 aliphatic heterocycles. The number of carbonyl (C=O) groups is 1. The number of nitrogens with one attached hydrogen (secondary N) is 1. The highest BCUT2D eigenvalue weighted by Gasteiger charge is 2.28. The molecule has 0 bridgehead atoms. The Morgan fingerprint density at radius 3 is 3.00 bits per heavy atom. The van der Waals surface area contributed by atoms with Crippen molar-refractivity contribution in [1.29, 1.82) is 0 Å². The number of methoxy groups -OCH3 is 1. The molecule has 6 nitrogen and oxygen atoms in total. The highest BCUT2D eigenvalue weighted by molar-refractivity contribution is 5.96. The van der Waals surface area contributed by atoms with E-state index < -0.39 is 0 Å². The van der Waals surface area contributed by atoms with Gasteiger partial charge in [-0.2, -0.15) is 0 Å². The molecule has 1 aliphatic rings. The normalized spacial score (nSPS) is 20.8. The fourth-order valence-electron chi connectivity index (χ4n) is 2.51. The Hall–Kier alpha value is -1.79. The molecule has 1 amide bonds. The summed E-state index contributed by atoms with van der Waals surface area (Å²) in [4.78, 5) is 14.6. The van der Waals surface area contributed by atoms with Gasteiger partial charge in [-0.1, -0.05) is 0 Å². The molecule has 3 N–H and O–H groups in total. The number of benzene rings is 1. The van der Waals surface area contributed by atoms with E-state index in [1.54, 1.807) is 25.3 Å². The third-order valence-electron chi connectivity index (χ3n) is 3.78. The summed E-state index contributed by atoms with van der Waals surface area (Å²) in [5.41, 5.74) is 6.94. The second-order valence-electron chi connectivity index (χ2n) is 5.29. The monoisotopic (exact) mass is 293 g/mol. The average molecular weight is 293 g/mol. The number of morpholine rings is 1. The van der Waals surface area contributed by atoms with Gasteiger partial charge in [0.15, 0.2) is 0 Å².